The second-order valence-corrected chi connectivity index (χ2v) is 8.37. The van der Waals surface area contributed by atoms with Crippen molar-refractivity contribution >= 4 is 44.0 Å². The average Bonchev–Trinajstić information content (AvgIpc) is 3.06. The Labute approximate surface area is 173 Å². The third kappa shape index (κ3) is 3.70. The molecule has 0 fully saturated rings. The number of aromatic nitrogens is 1. The van der Waals surface area contributed by atoms with Crippen LogP contribution in [-0.2, 0) is 16.6 Å². The molecule has 3 aromatic carbocycles. The molecule has 7 nitrogen and oxygen atoms in total. The lowest BCUT2D eigenvalue weighted by Crippen LogP contribution is -2.18. The van der Waals surface area contributed by atoms with Crippen LogP contribution in [0.25, 0.3) is 21.8 Å². The van der Waals surface area contributed by atoms with Gasteiger partial charge in [-0.25, -0.2) is 19.0 Å². The molecule has 30 heavy (non-hydrogen) atoms. The van der Waals surface area contributed by atoms with Gasteiger partial charge in [0.05, 0.1) is 11.1 Å². The van der Waals surface area contributed by atoms with E-state index in [1.54, 1.807) is 6.21 Å². The van der Waals surface area contributed by atoms with Crippen molar-refractivity contribution in [1.82, 2.24) is 9.99 Å². The summed E-state index contributed by atoms with van der Waals surface area (Å²) >= 11 is 0. The van der Waals surface area contributed by atoms with Crippen LogP contribution < -0.4 is 10.6 Å². The molecule has 0 aliphatic rings. The van der Waals surface area contributed by atoms with Crippen LogP contribution in [0.3, 0.4) is 0 Å². The van der Waals surface area contributed by atoms with Crippen molar-refractivity contribution < 1.29 is 13.2 Å². The first-order valence-electron chi connectivity index (χ1n) is 9.36. The van der Waals surface area contributed by atoms with Gasteiger partial charge in [-0.05, 0) is 55.0 Å². The van der Waals surface area contributed by atoms with E-state index in [4.69, 9.17) is 5.14 Å². The summed E-state index contributed by atoms with van der Waals surface area (Å²) in [6, 6.07) is 19.6. The predicted octanol–water partition coefficient (Wildman–Crippen LogP) is 3.23. The number of para-hydroxylation sites is 1. The summed E-state index contributed by atoms with van der Waals surface area (Å²) in [5.74, 6) is -0.448. The monoisotopic (exact) mass is 420 g/mol. The van der Waals surface area contributed by atoms with E-state index in [-0.39, 0.29) is 10.5 Å². The number of hydrogen-bond acceptors (Lipinski definition) is 4. The summed E-state index contributed by atoms with van der Waals surface area (Å²) in [4.78, 5) is 12.2. The Balaban J connectivity index is 1.55. The van der Waals surface area contributed by atoms with Gasteiger partial charge in [0.2, 0.25) is 10.0 Å². The van der Waals surface area contributed by atoms with Crippen molar-refractivity contribution in [2.75, 3.05) is 0 Å². The predicted molar refractivity (Wildman–Crippen MR) is 118 cm³/mol. The Morgan fingerprint density at radius 3 is 2.43 bits per heavy atom. The van der Waals surface area contributed by atoms with Crippen LogP contribution in [0.2, 0.25) is 0 Å². The molecule has 1 heterocycles. The maximum Gasteiger partial charge on any atom is 0.271 e. The maximum atomic E-state index is 12.2. The Bertz CT molecular complexity index is 1390. The number of primary sulfonamides is 1. The SMILES string of the molecule is CCn1c2ccccc2c2cc(C=NNC(=O)c3ccc(S(N)(=O)=O)cc3)ccc21. The third-order valence-electron chi connectivity index (χ3n) is 4.94. The second-order valence-electron chi connectivity index (χ2n) is 6.81. The highest BCUT2D eigenvalue weighted by Gasteiger charge is 2.11. The van der Waals surface area contributed by atoms with Crippen molar-refractivity contribution in [2.45, 2.75) is 18.4 Å². The molecule has 0 saturated carbocycles. The molecule has 8 heteroatoms. The molecule has 0 bridgehead atoms. The molecule has 1 amide bonds. The molecule has 0 radical (unpaired) electrons. The molecule has 0 saturated heterocycles. The van der Waals surface area contributed by atoms with Crippen LogP contribution in [-0.4, -0.2) is 25.1 Å². The molecule has 0 spiro atoms. The number of aryl methyl sites for hydroxylation is 1. The highest BCUT2D eigenvalue weighted by Crippen LogP contribution is 2.29. The van der Waals surface area contributed by atoms with Gasteiger partial charge in [-0.1, -0.05) is 24.3 Å². The third-order valence-corrected chi connectivity index (χ3v) is 5.87. The maximum absolute atomic E-state index is 12.2. The number of hydrogen-bond donors (Lipinski definition) is 2. The van der Waals surface area contributed by atoms with E-state index in [1.165, 1.54) is 35.2 Å². The number of nitrogens with two attached hydrogens (primary N) is 1. The fourth-order valence-electron chi connectivity index (χ4n) is 3.52. The van der Waals surface area contributed by atoms with Gasteiger partial charge in [-0.15, -0.1) is 0 Å². The van der Waals surface area contributed by atoms with E-state index in [0.717, 1.165) is 23.0 Å². The Kier molecular flexibility index (Phi) is 5.11. The lowest BCUT2D eigenvalue weighted by molar-refractivity contribution is 0.0955. The van der Waals surface area contributed by atoms with Crippen LogP contribution >= 0.6 is 0 Å². The van der Waals surface area contributed by atoms with Gasteiger partial charge in [-0.2, -0.15) is 5.10 Å². The summed E-state index contributed by atoms with van der Waals surface area (Å²) in [7, 11) is -3.80. The van der Waals surface area contributed by atoms with Gasteiger partial charge in [0.15, 0.2) is 0 Å². The number of amides is 1. The zero-order chi connectivity index (χ0) is 21.3. The van der Waals surface area contributed by atoms with E-state index in [2.05, 4.69) is 34.2 Å². The lowest BCUT2D eigenvalue weighted by Gasteiger charge is -2.03. The van der Waals surface area contributed by atoms with Gasteiger partial charge in [0.25, 0.3) is 5.91 Å². The number of fused-ring (bicyclic) bond motifs is 3. The van der Waals surface area contributed by atoms with Crippen molar-refractivity contribution in [3.05, 3.63) is 77.9 Å². The van der Waals surface area contributed by atoms with E-state index in [0.29, 0.717) is 0 Å². The number of hydrazone groups is 1. The van der Waals surface area contributed by atoms with Crippen LogP contribution in [0.4, 0.5) is 0 Å². The fourth-order valence-corrected chi connectivity index (χ4v) is 4.03. The number of rotatable bonds is 5. The summed E-state index contributed by atoms with van der Waals surface area (Å²) in [5, 5.41) is 11.4. The summed E-state index contributed by atoms with van der Waals surface area (Å²) in [5.41, 5.74) is 5.91. The molecular formula is C22H20N4O3S. The fraction of sp³-hybridized carbons (Fsp3) is 0.0909. The molecule has 0 aliphatic heterocycles. The highest BCUT2D eigenvalue weighted by atomic mass is 32.2. The normalized spacial score (nSPS) is 12.1. The number of sulfonamides is 1. The zero-order valence-corrected chi connectivity index (χ0v) is 17.1. The minimum atomic E-state index is -3.80. The topological polar surface area (TPSA) is 107 Å². The smallest absolute Gasteiger partial charge is 0.271 e. The Morgan fingerprint density at radius 2 is 1.73 bits per heavy atom. The molecule has 0 aliphatic carbocycles. The van der Waals surface area contributed by atoms with E-state index in [1.807, 2.05) is 30.3 Å². The number of carbonyl (C=O) groups is 1. The van der Waals surface area contributed by atoms with Crippen molar-refractivity contribution in [2.24, 2.45) is 10.2 Å². The molecule has 4 rings (SSSR count). The van der Waals surface area contributed by atoms with Gasteiger partial charge in [-0.3, -0.25) is 4.79 Å². The summed E-state index contributed by atoms with van der Waals surface area (Å²) < 4.78 is 24.8. The standard InChI is InChI=1S/C22H20N4O3S/c1-2-26-20-6-4-3-5-18(20)19-13-15(7-12-21(19)26)14-24-25-22(27)16-8-10-17(11-9-16)30(23,28)29/h3-14H,2H2,1H3,(H,25,27)(H2,23,28,29). The first-order chi connectivity index (χ1) is 14.4. The number of nitrogens with zero attached hydrogens (tertiary/aromatic N) is 2. The molecule has 152 valence electrons. The van der Waals surface area contributed by atoms with Crippen LogP contribution in [0.5, 0.6) is 0 Å². The van der Waals surface area contributed by atoms with Crippen LogP contribution in [0, 0.1) is 0 Å². The zero-order valence-electron chi connectivity index (χ0n) is 16.2. The van der Waals surface area contributed by atoms with E-state index >= 15 is 0 Å². The van der Waals surface area contributed by atoms with Crippen molar-refractivity contribution in [3.63, 3.8) is 0 Å². The lowest BCUT2D eigenvalue weighted by atomic mass is 10.1. The molecular weight excluding hydrogens is 400 g/mol. The average molecular weight is 420 g/mol. The minimum absolute atomic E-state index is 0.0536. The van der Waals surface area contributed by atoms with Gasteiger partial charge < -0.3 is 4.57 Å². The Hall–Kier alpha value is -3.49. The first-order valence-corrected chi connectivity index (χ1v) is 10.9. The first kappa shape index (κ1) is 19.8. The van der Waals surface area contributed by atoms with Gasteiger partial charge in [0.1, 0.15) is 0 Å². The number of carbonyl (C=O) groups excluding carboxylic acids is 1. The molecule has 0 unspecified atom stereocenters. The molecule has 1 aromatic heterocycles. The molecule has 4 aromatic rings. The van der Waals surface area contributed by atoms with Crippen molar-refractivity contribution in [1.29, 1.82) is 0 Å². The van der Waals surface area contributed by atoms with E-state index < -0.39 is 15.9 Å². The van der Waals surface area contributed by atoms with Crippen molar-refractivity contribution in [3.8, 4) is 0 Å². The molecule has 3 N–H and O–H groups in total. The minimum Gasteiger partial charge on any atom is -0.341 e. The quantitative estimate of drug-likeness (QED) is 0.382. The van der Waals surface area contributed by atoms with Gasteiger partial charge in [0, 0.05) is 33.9 Å². The summed E-state index contributed by atoms with van der Waals surface area (Å²) in [6.45, 7) is 2.99. The largest absolute Gasteiger partial charge is 0.341 e. The van der Waals surface area contributed by atoms with Crippen LogP contribution in [0.1, 0.15) is 22.8 Å². The second kappa shape index (κ2) is 7.74. The summed E-state index contributed by atoms with van der Waals surface area (Å²) in [6.07, 6.45) is 1.58. The number of nitrogens with one attached hydrogen (secondary N) is 1. The Morgan fingerprint density at radius 1 is 1.03 bits per heavy atom. The number of benzene rings is 3. The van der Waals surface area contributed by atoms with E-state index in [9.17, 15) is 13.2 Å². The molecule has 0 atom stereocenters. The highest BCUT2D eigenvalue weighted by molar-refractivity contribution is 7.89. The van der Waals surface area contributed by atoms with Gasteiger partial charge >= 0.3 is 0 Å². The van der Waals surface area contributed by atoms with Crippen LogP contribution in [0.15, 0.2) is 76.7 Å².